The van der Waals surface area contributed by atoms with Gasteiger partial charge in [-0.05, 0) is 30.7 Å². The molecular weight excluding hydrogens is 410 g/mol. The van der Waals surface area contributed by atoms with Gasteiger partial charge in [0.05, 0.1) is 16.8 Å². The minimum Gasteiger partial charge on any atom is -0.310 e. The molecule has 4 rings (SSSR count). The highest BCUT2D eigenvalue weighted by Gasteiger charge is 2.38. The number of nitrogens with zero attached hydrogens (tertiary/aromatic N) is 2. The predicted octanol–water partition coefficient (Wildman–Crippen LogP) is 2.91. The molecule has 0 aromatic heterocycles. The molecule has 0 saturated heterocycles. The Hall–Kier alpha value is -2.61. The van der Waals surface area contributed by atoms with Crippen molar-refractivity contribution in [1.29, 1.82) is 0 Å². The quantitative estimate of drug-likeness (QED) is 0.701. The molecule has 8 heteroatoms. The molecule has 2 aromatic carbocycles. The molecule has 0 atom stereocenters. The number of carbonyl (C=O) groups is 3. The number of imide groups is 1. The maximum Gasteiger partial charge on any atom is 0.262 e. The third kappa shape index (κ3) is 2.52. The van der Waals surface area contributed by atoms with Crippen LogP contribution in [-0.4, -0.2) is 35.7 Å². The van der Waals surface area contributed by atoms with Crippen LogP contribution in [0.25, 0.3) is 0 Å². The van der Waals surface area contributed by atoms with Gasteiger partial charge in [-0.1, -0.05) is 15.9 Å². The van der Waals surface area contributed by atoms with Gasteiger partial charge >= 0.3 is 0 Å². The highest BCUT2D eigenvalue weighted by atomic mass is 79.9. The molecule has 2 heterocycles. The average molecular weight is 421 g/mol. The number of amides is 3. The van der Waals surface area contributed by atoms with Crippen LogP contribution in [0.15, 0.2) is 34.8 Å². The van der Waals surface area contributed by atoms with E-state index in [2.05, 4.69) is 15.9 Å². The van der Waals surface area contributed by atoms with Gasteiger partial charge in [-0.25, -0.2) is 8.78 Å². The van der Waals surface area contributed by atoms with E-state index in [0.29, 0.717) is 4.47 Å². The Labute approximate surface area is 155 Å². The van der Waals surface area contributed by atoms with Crippen LogP contribution >= 0.6 is 15.9 Å². The van der Waals surface area contributed by atoms with Gasteiger partial charge < -0.3 is 4.90 Å². The zero-order valence-electron chi connectivity index (χ0n) is 13.3. The van der Waals surface area contributed by atoms with Crippen molar-refractivity contribution in [1.82, 2.24) is 4.90 Å². The number of carbonyl (C=O) groups excluding carboxylic acids is 3. The van der Waals surface area contributed by atoms with Crippen molar-refractivity contribution in [3.63, 3.8) is 0 Å². The Morgan fingerprint density at radius 3 is 2.58 bits per heavy atom. The topological polar surface area (TPSA) is 57.7 Å². The van der Waals surface area contributed by atoms with Gasteiger partial charge in [0.2, 0.25) is 5.91 Å². The molecule has 2 aliphatic heterocycles. The molecule has 2 aliphatic rings. The zero-order chi connectivity index (χ0) is 18.6. The number of fused-ring (bicyclic) bond motifs is 2. The van der Waals surface area contributed by atoms with Gasteiger partial charge in [0.15, 0.2) is 0 Å². The number of hydrogen-bond donors (Lipinski definition) is 0. The summed E-state index contributed by atoms with van der Waals surface area (Å²) in [4.78, 5) is 39.6. The monoisotopic (exact) mass is 420 g/mol. The minimum absolute atomic E-state index is 0.145. The number of rotatable bonds is 2. The molecule has 0 fully saturated rings. The summed E-state index contributed by atoms with van der Waals surface area (Å²) in [5.41, 5.74) is 0.846. The van der Waals surface area contributed by atoms with Gasteiger partial charge in [0.1, 0.15) is 18.2 Å². The van der Waals surface area contributed by atoms with Crippen molar-refractivity contribution in [2.45, 2.75) is 6.42 Å². The molecule has 132 valence electrons. The average Bonchev–Trinajstić information content (AvgIpc) is 3.10. The second-order valence-corrected chi connectivity index (χ2v) is 6.98. The molecule has 5 nitrogen and oxygen atoms in total. The Kier molecular flexibility index (Phi) is 3.87. The smallest absolute Gasteiger partial charge is 0.262 e. The molecule has 0 saturated carbocycles. The van der Waals surface area contributed by atoms with Crippen LogP contribution in [0.1, 0.15) is 26.3 Å². The number of halogens is 3. The Morgan fingerprint density at radius 2 is 1.81 bits per heavy atom. The summed E-state index contributed by atoms with van der Waals surface area (Å²) in [7, 11) is 0. The van der Waals surface area contributed by atoms with Crippen molar-refractivity contribution < 1.29 is 23.2 Å². The summed E-state index contributed by atoms with van der Waals surface area (Å²) < 4.78 is 28.0. The van der Waals surface area contributed by atoms with Gasteiger partial charge in [-0.3, -0.25) is 19.3 Å². The van der Waals surface area contributed by atoms with Crippen LogP contribution in [0.3, 0.4) is 0 Å². The fraction of sp³-hybridized carbons (Fsp3) is 0.167. The first kappa shape index (κ1) is 16.8. The molecule has 26 heavy (non-hydrogen) atoms. The third-order valence-electron chi connectivity index (χ3n) is 4.54. The standard InChI is InChI=1S/C18H11BrF2N2O3/c19-9-1-2-11-13(5-9)18(26)23(17(11)25)8-16(24)22-4-3-12-14(21)6-10(20)7-15(12)22/h1-2,5-7H,3-4,8H2. The van der Waals surface area contributed by atoms with Crippen LogP contribution in [0.5, 0.6) is 0 Å². The zero-order valence-corrected chi connectivity index (χ0v) is 14.8. The van der Waals surface area contributed by atoms with E-state index in [4.69, 9.17) is 0 Å². The molecule has 0 N–H and O–H groups in total. The molecule has 0 spiro atoms. The van der Waals surface area contributed by atoms with Crippen molar-refractivity contribution in [3.05, 3.63) is 63.1 Å². The van der Waals surface area contributed by atoms with Crippen molar-refractivity contribution >= 4 is 39.3 Å². The van der Waals surface area contributed by atoms with E-state index in [1.54, 1.807) is 6.07 Å². The fourth-order valence-corrected chi connectivity index (χ4v) is 3.67. The first-order chi connectivity index (χ1) is 12.4. The lowest BCUT2D eigenvalue weighted by molar-refractivity contribution is -0.118. The Morgan fingerprint density at radius 1 is 1.08 bits per heavy atom. The predicted molar refractivity (Wildman–Crippen MR) is 91.9 cm³/mol. The lowest BCUT2D eigenvalue weighted by Gasteiger charge is -2.21. The Bertz CT molecular complexity index is 993. The maximum absolute atomic E-state index is 13.8. The number of hydrogen-bond acceptors (Lipinski definition) is 3. The normalized spacial score (nSPS) is 15.5. The first-order valence-electron chi connectivity index (χ1n) is 7.81. The van der Waals surface area contributed by atoms with Crippen LogP contribution < -0.4 is 4.90 Å². The molecule has 0 radical (unpaired) electrons. The summed E-state index contributed by atoms with van der Waals surface area (Å²) in [6.45, 7) is -0.315. The van der Waals surface area contributed by atoms with Crippen LogP contribution in [0.2, 0.25) is 0 Å². The first-order valence-corrected chi connectivity index (χ1v) is 8.60. The second-order valence-electron chi connectivity index (χ2n) is 6.07. The van der Waals surface area contributed by atoms with E-state index in [9.17, 15) is 23.2 Å². The van der Waals surface area contributed by atoms with Gasteiger partial charge in [-0.2, -0.15) is 0 Å². The maximum atomic E-state index is 13.8. The number of benzene rings is 2. The van der Waals surface area contributed by atoms with Gasteiger partial charge in [-0.15, -0.1) is 0 Å². The Balaban J connectivity index is 1.60. The summed E-state index contributed by atoms with van der Waals surface area (Å²) in [6, 6.07) is 6.53. The largest absolute Gasteiger partial charge is 0.310 e. The fourth-order valence-electron chi connectivity index (χ4n) is 3.31. The lowest BCUT2D eigenvalue weighted by Crippen LogP contribution is -2.42. The summed E-state index contributed by atoms with van der Waals surface area (Å²) >= 11 is 3.24. The van der Waals surface area contributed by atoms with E-state index in [1.807, 2.05) is 0 Å². The summed E-state index contributed by atoms with van der Waals surface area (Å²) in [5.74, 6) is -3.19. The van der Waals surface area contributed by atoms with Crippen molar-refractivity contribution in [2.75, 3.05) is 18.0 Å². The van der Waals surface area contributed by atoms with Crippen LogP contribution in [-0.2, 0) is 11.2 Å². The highest BCUT2D eigenvalue weighted by Crippen LogP contribution is 2.32. The van der Waals surface area contributed by atoms with Crippen molar-refractivity contribution in [3.8, 4) is 0 Å². The van der Waals surface area contributed by atoms with E-state index in [-0.39, 0.29) is 35.3 Å². The van der Waals surface area contributed by atoms with E-state index in [1.165, 1.54) is 17.0 Å². The molecular formula is C18H11BrF2N2O3. The molecule has 2 aromatic rings. The molecule has 0 bridgehead atoms. The third-order valence-corrected chi connectivity index (χ3v) is 5.03. The summed E-state index contributed by atoms with van der Waals surface area (Å²) in [5, 5.41) is 0. The molecule has 0 unspecified atom stereocenters. The molecule has 0 aliphatic carbocycles. The van der Waals surface area contributed by atoms with Gasteiger partial charge in [0, 0.05) is 22.6 Å². The van der Waals surface area contributed by atoms with E-state index >= 15 is 0 Å². The van der Waals surface area contributed by atoms with E-state index in [0.717, 1.165) is 17.0 Å². The van der Waals surface area contributed by atoms with Crippen LogP contribution in [0, 0.1) is 11.6 Å². The SMILES string of the molecule is O=C1c2ccc(Br)cc2C(=O)N1CC(=O)N1CCc2c(F)cc(F)cc21. The number of anilines is 1. The van der Waals surface area contributed by atoms with Crippen LogP contribution in [0.4, 0.5) is 14.5 Å². The van der Waals surface area contributed by atoms with Crippen molar-refractivity contribution in [2.24, 2.45) is 0 Å². The highest BCUT2D eigenvalue weighted by molar-refractivity contribution is 9.10. The minimum atomic E-state index is -0.786. The molecule has 3 amide bonds. The second kappa shape index (κ2) is 5.98. The van der Waals surface area contributed by atoms with E-state index < -0.39 is 35.9 Å². The van der Waals surface area contributed by atoms with Gasteiger partial charge in [0.25, 0.3) is 11.8 Å². The lowest BCUT2D eigenvalue weighted by atomic mass is 10.1. The summed E-state index contributed by atoms with van der Waals surface area (Å²) in [6.07, 6.45) is 0.252.